The molecule has 2 saturated carbocycles. The molecule has 0 saturated heterocycles. The van der Waals surface area contributed by atoms with Crippen LogP contribution in [0.25, 0.3) is 0 Å². The third-order valence-corrected chi connectivity index (χ3v) is 5.64. The Morgan fingerprint density at radius 3 is 2.62 bits per heavy atom. The SMILES string of the molecule is O=C(CC[C@H]1CCC[C@@H](O)C1)N[C@H]1CCC[C@H]1NC(=O)c1cccnc1. The molecule has 2 amide bonds. The van der Waals surface area contributed by atoms with E-state index in [0.29, 0.717) is 17.9 Å². The summed E-state index contributed by atoms with van der Waals surface area (Å²) in [5.74, 6) is 0.368. The molecule has 142 valence electrons. The largest absolute Gasteiger partial charge is 0.393 e. The Kier molecular flexibility index (Phi) is 6.61. The van der Waals surface area contributed by atoms with E-state index in [1.165, 1.54) is 0 Å². The number of nitrogens with one attached hydrogen (secondary N) is 2. The lowest BCUT2D eigenvalue weighted by molar-refractivity contribution is -0.122. The molecular weight excluding hydrogens is 330 g/mol. The summed E-state index contributed by atoms with van der Waals surface area (Å²) in [5, 5.41) is 15.9. The number of aromatic nitrogens is 1. The van der Waals surface area contributed by atoms with E-state index in [1.54, 1.807) is 24.5 Å². The van der Waals surface area contributed by atoms with Crippen LogP contribution in [0.4, 0.5) is 0 Å². The number of aliphatic hydroxyl groups is 1. The first-order valence-electron chi connectivity index (χ1n) is 9.80. The fourth-order valence-corrected chi connectivity index (χ4v) is 4.19. The number of hydrogen-bond acceptors (Lipinski definition) is 4. The molecule has 0 radical (unpaired) electrons. The Labute approximate surface area is 154 Å². The van der Waals surface area contributed by atoms with E-state index in [-0.39, 0.29) is 30.0 Å². The molecule has 0 spiro atoms. The average molecular weight is 359 g/mol. The molecule has 1 heterocycles. The molecule has 2 aliphatic carbocycles. The minimum Gasteiger partial charge on any atom is -0.393 e. The van der Waals surface area contributed by atoms with Crippen molar-refractivity contribution in [2.45, 2.75) is 76.0 Å². The van der Waals surface area contributed by atoms with Crippen LogP contribution in [0.3, 0.4) is 0 Å². The van der Waals surface area contributed by atoms with Crippen molar-refractivity contribution in [2.75, 3.05) is 0 Å². The Morgan fingerprint density at radius 1 is 1.12 bits per heavy atom. The van der Waals surface area contributed by atoms with Crippen molar-refractivity contribution in [1.29, 1.82) is 0 Å². The third-order valence-electron chi connectivity index (χ3n) is 5.64. The van der Waals surface area contributed by atoms with Crippen molar-refractivity contribution < 1.29 is 14.7 Å². The lowest BCUT2D eigenvalue weighted by atomic mass is 9.84. The summed E-state index contributed by atoms with van der Waals surface area (Å²) in [6.07, 6.45) is 11.0. The zero-order valence-electron chi connectivity index (χ0n) is 15.2. The first kappa shape index (κ1) is 18.8. The maximum atomic E-state index is 12.3. The fourth-order valence-electron chi connectivity index (χ4n) is 4.19. The van der Waals surface area contributed by atoms with Gasteiger partial charge in [0.1, 0.15) is 0 Å². The molecule has 0 bridgehead atoms. The van der Waals surface area contributed by atoms with Crippen LogP contribution in [0.2, 0.25) is 0 Å². The number of pyridine rings is 1. The molecule has 1 aromatic rings. The standard InChI is InChI=1S/C20H29N3O3/c24-16-6-1-4-14(12-16)9-10-19(25)22-17-7-2-8-18(17)23-20(26)15-5-3-11-21-13-15/h3,5,11,13-14,16-18,24H,1-2,4,6-10,12H2,(H,22,25)(H,23,26)/t14-,16-,17+,18-/m1/s1. The van der Waals surface area contributed by atoms with Gasteiger partial charge in [-0.3, -0.25) is 14.6 Å². The minimum absolute atomic E-state index is 0.0000625. The second-order valence-corrected chi connectivity index (χ2v) is 7.65. The molecule has 6 heteroatoms. The van der Waals surface area contributed by atoms with Gasteiger partial charge in [0.25, 0.3) is 5.91 Å². The van der Waals surface area contributed by atoms with Crippen LogP contribution in [-0.4, -0.2) is 40.1 Å². The van der Waals surface area contributed by atoms with Gasteiger partial charge >= 0.3 is 0 Å². The summed E-state index contributed by atoms with van der Waals surface area (Å²) < 4.78 is 0. The Morgan fingerprint density at radius 2 is 1.88 bits per heavy atom. The van der Waals surface area contributed by atoms with E-state index in [0.717, 1.165) is 51.4 Å². The average Bonchev–Trinajstić information content (AvgIpc) is 3.07. The summed E-state index contributed by atoms with van der Waals surface area (Å²) in [6, 6.07) is 3.46. The highest BCUT2D eigenvalue weighted by atomic mass is 16.3. The van der Waals surface area contributed by atoms with E-state index in [9.17, 15) is 14.7 Å². The van der Waals surface area contributed by atoms with E-state index < -0.39 is 0 Å². The van der Waals surface area contributed by atoms with Crippen LogP contribution in [0.15, 0.2) is 24.5 Å². The number of aliphatic hydroxyl groups excluding tert-OH is 1. The fraction of sp³-hybridized carbons (Fsp3) is 0.650. The summed E-state index contributed by atoms with van der Waals surface area (Å²) in [4.78, 5) is 28.6. The van der Waals surface area contributed by atoms with Crippen molar-refractivity contribution in [3.05, 3.63) is 30.1 Å². The normalized spacial score (nSPS) is 28.5. The monoisotopic (exact) mass is 359 g/mol. The predicted molar refractivity (Wildman–Crippen MR) is 98.5 cm³/mol. The third kappa shape index (κ3) is 5.27. The Hall–Kier alpha value is -1.95. The number of amides is 2. The molecule has 2 aliphatic rings. The number of rotatable bonds is 6. The quantitative estimate of drug-likeness (QED) is 0.726. The van der Waals surface area contributed by atoms with Crippen LogP contribution in [0.5, 0.6) is 0 Å². The highest BCUT2D eigenvalue weighted by Crippen LogP contribution is 2.28. The molecule has 2 fully saturated rings. The molecule has 3 rings (SSSR count). The molecule has 3 N–H and O–H groups in total. The van der Waals surface area contributed by atoms with E-state index in [2.05, 4.69) is 15.6 Å². The predicted octanol–water partition coefficient (Wildman–Crippen LogP) is 2.18. The Bertz CT molecular complexity index is 608. The zero-order valence-corrected chi connectivity index (χ0v) is 15.2. The maximum Gasteiger partial charge on any atom is 0.253 e. The van der Waals surface area contributed by atoms with Crippen molar-refractivity contribution in [2.24, 2.45) is 5.92 Å². The molecule has 4 atom stereocenters. The summed E-state index contributed by atoms with van der Waals surface area (Å²) in [7, 11) is 0. The van der Waals surface area contributed by atoms with Crippen molar-refractivity contribution in [3.63, 3.8) is 0 Å². The molecule has 0 aromatic carbocycles. The summed E-state index contributed by atoms with van der Waals surface area (Å²) in [5.41, 5.74) is 0.542. The van der Waals surface area contributed by atoms with Gasteiger partial charge in [0.15, 0.2) is 0 Å². The second kappa shape index (κ2) is 9.12. The molecule has 1 aromatic heterocycles. The highest BCUT2D eigenvalue weighted by molar-refractivity contribution is 5.94. The maximum absolute atomic E-state index is 12.3. The minimum atomic E-state index is -0.196. The van der Waals surface area contributed by atoms with Crippen LogP contribution in [0.1, 0.15) is 68.1 Å². The van der Waals surface area contributed by atoms with Gasteiger partial charge in [-0.15, -0.1) is 0 Å². The van der Waals surface area contributed by atoms with Crippen LogP contribution in [0, 0.1) is 5.92 Å². The van der Waals surface area contributed by atoms with Crippen LogP contribution in [-0.2, 0) is 4.79 Å². The van der Waals surface area contributed by atoms with Gasteiger partial charge < -0.3 is 15.7 Å². The zero-order chi connectivity index (χ0) is 18.4. The van der Waals surface area contributed by atoms with E-state index in [4.69, 9.17) is 0 Å². The molecule has 6 nitrogen and oxygen atoms in total. The highest BCUT2D eigenvalue weighted by Gasteiger charge is 2.30. The smallest absolute Gasteiger partial charge is 0.253 e. The number of hydrogen-bond donors (Lipinski definition) is 3. The van der Waals surface area contributed by atoms with E-state index >= 15 is 0 Å². The summed E-state index contributed by atoms with van der Waals surface area (Å²) in [6.45, 7) is 0. The van der Waals surface area contributed by atoms with Crippen molar-refractivity contribution >= 4 is 11.8 Å². The van der Waals surface area contributed by atoms with Gasteiger partial charge in [-0.25, -0.2) is 0 Å². The van der Waals surface area contributed by atoms with Gasteiger partial charge in [0.05, 0.1) is 11.7 Å². The molecule has 0 aliphatic heterocycles. The number of carbonyl (C=O) groups is 2. The molecule has 0 unspecified atom stereocenters. The lowest BCUT2D eigenvalue weighted by Crippen LogP contribution is -2.48. The van der Waals surface area contributed by atoms with Gasteiger partial charge in [0.2, 0.25) is 5.91 Å². The topological polar surface area (TPSA) is 91.3 Å². The van der Waals surface area contributed by atoms with Gasteiger partial charge in [-0.05, 0) is 56.6 Å². The van der Waals surface area contributed by atoms with Gasteiger partial charge in [-0.2, -0.15) is 0 Å². The first-order valence-corrected chi connectivity index (χ1v) is 9.80. The second-order valence-electron chi connectivity index (χ2n) is 7.65. The number of carbonyl (C=O) groups excluding carboxylic acids is 2. The van der Waals surface area contributed by atoms with Crippen molar-refractivity contribution in [1.82, 2.24) is 15.6 Å². The molecule has 26 heavy (non-hydrogen) atoms. The van der Waals surface area contributed by atoms with E-state index in [1.807, 2.05) is 0 Å². The summed E-state index contributed by atoms with van der Waals surface area (Å²) >= 11 is 0. The first-order chi connectivity index (χ1) is 12.6. The van der Waals surface area contributed by atoms with Gasteiger partial charge in [0, 0.05) is 30.9 Å². The van der Waals surface area contributed by atoms with Crippen LogP contribution < -0.4 is 10.6 Å². The lowest BCUT2D eigenvalue weighted by Gasteiger charge is -2.26. The number of nitrogens with zero attached hydrogens (tertiary/aromatic N) is 1. The Balaban J connectivity index is 1.44. The van der Waals surface area contributed by atoms with Crippen molar-refractivity contribution in [3.8, 4) is 0 Å². The van der Waals surface area contributed by atoms with Gasteiger partial charge in [-0.1, -0.05) is 12.8 Å². The molecular formula is C20H29N3O3. The van der Waals surface area contributed by atoms with Crippen LogP contribution >= 0.6 is 0 Å².